The molecule has 0 saturated carbocycles. The third-order valence-corrected chi connectivity index (χ3v) is 4.83. The molecule has 3 heteroatoms. The highest BCUT2D eigenvalue weighted by Gasteiger charge is 2.25. The predicted molar refractivity (Wildman–Crippen MR) is 104 cm³/mol. The second-order valence-electron chi connectivity index (χ2n) is 6.45. The smallest absolute Gasteiger partial charge is 0.0816 e. The lowest BCUT2D eigenvalue weighted by Crippen LogP contribution is -2.45. The summed E-state index contributed by atoms with van der Waals surface area (Å²) in [5.74, 6) is 0. The van der Waals surface area contributed by atoms with Crippen molar-refractivity contribution in [1.82, 2.24) is 0 Å². The van der Waals surface area contributed by atoms with E-state index in [0.29, 0.717) is 6.54 Å². The molecule has 2 aromatic carbocycles. The summed E-state index contributed by atoms with van der Waals surface area (Å²) in [4.78, 5) is 4.55. The highest BCUT2D eigenvalue weighted by Crippen LogP contribution is 2.22. The van der Waals surface area contributed by atoms with Crippen LogP contribution in [0.3, 0.4) is 0 Å². The highest BCUT2D eigenvalue weighted by molar-refractivity contribution is 5.48. The van der Waals surface area contributed by atoms with Crippen LogP contribution in [0.2, 0.25) is 0 Å². The summed E-state index contributed by atoms with van der Waals surface area (Å²) in [5, 5.41) is 10.8. The Balaban J connectivity index is 2.09. The monoisotopic (exact) mass is 326 g/mol. The first kappa shape index (κ1) is 18.3. The van der Waals surface area contributed by atoms with Crippen molar-refractivity contribution in [3.63, 3.8) is 0 Å². The number of nitrogens with zero attached hydrogens (tertiary/aromatic N) is 2. The number of aliphatic hydroxyl groups is 1. The van der Waals surface area contributed by atoms with Crippen LogP contribution in [0.1, 0.15) is 26.7 Å². The molecule has 0 heterocycles. The number of benzene rings is 2. The van der Waals surface area contributed by atoms with Gasteiger partial charge in [-0.1, -0.05) is 50.2 Å². The molecule has 1 N–H and O–H groups in total. The maximum absolute atomic E-state index is 10.8. The molecule has 0 aliphatic heterocycles. The minimum atomic E-state index is -0.638. The van der Waals surface area contributed by atoms with Crippen molar-refractivity contribution < 1.29 is 5.11 Å². The van der Waals surface area contributed by atoms with Crippen LogP contribution in [-0.4, -0.2) is 37.4 Å². The Morgan fingerprint density at radius 2 is 1.29 bits per heavy atom. The van der Waals surface area contributed by atoms with Crippen LogP contribution in [0, 0.1) is 0 Å². The molecule has 0 unspecified atom stereocenters. The normalized spacial score (nSPS) is 11.3. The summed E-state index contributed by atoms with van der Waals surface area (Å²) >= 11 is 0. The Morgan fingerprint density at radius 3 is 1.79 bits per heavy atom. The van der Waals surface area contributed by atoms with Gasteiger partial charge in [0.25, 0.3) is 0 Å². The Kier molecular flexibility index (Phi) is 6.68. The van der Waals surface area contributed by atoms with Crippen LogP contribution < -0.4 is 9.80 Å². The summed E-state index contributed by atoms with van der Waals surface area (Å²) in [6.07, 6.45) is 1.53. The van der Waals surface area contributed by atoms with Gasteiger partial charge in [-0.2, -0.15) is 0 Å². The van der Waals surface area contributed by atoms with Crippen molar-refractivity contribution in [3.8, 4) is 0 Å². The minimum absolute atomic E-state index is 0.638. The highest BCUT2D eigenvalue weighted by atomic mass is 16.3. The second kappa shape index (κ2) is 8.74. The van der Waals surface area contributed by atoms with Crippen molar-refractivity contribution in [2.24, 2.45) is 0 Å². The number of para-hydroxylation sites is 2. The van der Waals surface area contributed by atoms with Crippen molar-refractivity contribution in [3.05, 3.63) is 60.7 Å². The number of hydrogen-bond acceptors (Lipinski definition) is 3. The van der Waals surface area contributed by atoms with Crippen molar-refractivity contribution in [2.75, 3.05) is 36.5 Å². The number of hydrogen-bond donors (Lipinski definition) is 1. The van der Waals surface area contributed by atoms with Gasteiger partial charge >= 0.3 is 0 Å². The fraction of sp³-hybridized carbons (Fsp3) is 0.429. The average molecular weight is 326 g/mol. The van der Waals surface area contributed by atoms with E-state index in [9.17, 15) is 5.11 Å². The molecule has 24 heavy (non-hydrogen) atoms. The van der Waals surface area contributed by atoms with Crippen molar-refractivity contribution in [1.29, 1.82) is 0 Å². The lowest BCUT2D eigenvalue weighted by atomic mass is 9.96. The minimum Gasteiger partial charge on any atom is -0.388 e. The SMILES string of the molecule is CCC(O)(CC)CN(CCN(C)c1ccccc1)c1ccccc1. The van der Waals surface area contributed by atoms with Crippen LogP contribution in [0.5, 0.6) is 0 Å². The van der Waals surface area contributed by atoms with Crippen LogP contribution in [0.4, 0.5) is 11.4 Å². The summed E-state index contributed by atoms with van der Waals surface area (Å²) < 4.78 is 0. The summed E-state index contributed by atoms with van der Waals surface area (Å²) in [6.45, 7) is 6.55. The molecule has 0 fully saturated rings. The molecule has 0 atom stereocenters. The molecule has 2 rings (SSSR count). The van der Waals surface area contributed by atoms with Crippen LogP contribution in [0.15, 0.2) is 60.7 Å². The zero-order valence-corrected chi connectivity index (χ0v) is 15.2. The van der Waals surface area contributed by atoms with Gasteiger partial charge in [0.05, 0.1) is 5.60 Å². The van der Waals surface area contributed by atoms with Crippen LogP contribution in [0.25, 0.3) is 0 Å². The third-order valence-electron chi connectivity index (χ3n) is 4.83. The first-order chi connectivity index (χ1) is 11.6. The van der Waals surface area contributed by atoms with E-state index >= 15 is 0 Å². The van der Waals surface area contributed by atoms with E-state index in [0.717, 1.165) is 25.9 Å². The summed E-state index contributed by atoms with van der Waals surface area (Å²) in [7, 11) is 2.12. The zero-order chi connectivity index (χ0) is 17.4. The number of likely N-dealkylation sites (N-methyl/N-ethyl adjacent to an activating group) is 1. The molecule has 0 spiro atoms. The molecule has 0 bridgehead atoms. The van der Waals surface area contributed by atoms with Gasteiger partial charge in [-0.25, -0.2) is 0 Å². The standard InChI is InChI=1S/C21H30N2O/c1-4-21(24,5-2)18-23(20-14-10-7-11-15-20)17-16-22(3)19-12-8-6-9-13-19/h6-15,24H,4-5,16-18H2,1-3H3. The average Bonchev–Trinajstić information content (AvgIpc) is 2.66. The van der Waals surface area contributed by atoms with Crippen LogP contribution >= 0.6 is 0 Å². The van der Waals surface area contributed by atoms with Crippen molar-refractivity contribution >= 4 is 11.4 Å². The van der Waals surface area contributed by atoms with Gasteiger partial charge < -0.3 is 14.9 Å². The maximum atomic E-state index is 10.8. The zero-order valence-electron chi connectivity index (χ0n) is 15.2. The van der Waals surface area contributed by atoms with E-state index in [1.54, 1.807) is 0 Å². The molecule has 2 aromatic rings. The fourth-order valence-corrected chi connectivity index (χ4v) is 2.85. The molecule has 0 saturated heterocycles. The van der Waals surface area contributed by atoms with Gasteiger partial charge in [0.1, 0.15) is 0 Å². The van der Waals surface area contributed by atoms with E-state index in [1.165, 1.54) is 11.4 Å². The lowest BCUT2D eigenvalue weighted by Gasteiger charge is -2.35. The third kappa shape index (κ3) is 5.00. The van der Waals surface area contributed by atoms with E-state index < -0.39 is 5.60 Å². The first-order valence-corrected chi connectivity index (χ1v) is 8.86. The molecule has 3 nitrogen and oxygen atoms in total. The molecule has 0 aromatic heterocycles. The second-order valence-corrected chi connectivity index (χ2v) is 6.45. The summed E-state index contributed by atoms with van der Waals surface area (Å²) in [6, 6.07) is 20.8. The molecule has 130 valence electrons. The molecule has 0 radical (unpaired) electrons. The Morgan fingerprint density at radius 1 is 0.792 bits per heavy atom. The number of rotatable bonds is 9. The van der Waals surface area contributed by atoms with Gasteiger partial charge in [-0.15, -0.1) is 0 Å². The molecular formula is C21H30N2O. The van der Waals surface area contributed by atoms with E-state index in [4.69, 9.17) is 0 Å². The summed E-state index contributed by atoms with van der Waals surface area (Å²) in [5.41, 5.74) is 1.74. The topological polar surface area (TPSA) is 26.7 Å². The van der Waals surface area contributed by atoms with Crippen LogP contribution in [-0.2, 0) is 0 Å². The Hall–Kier alpha value is -2.00. The van der Waals surface area contributed by atoms with E-state index in [1.807, 2.05) is 12.1 Å². The van der Waals surface area contributed by atoms with Gasteiger partial charge in [0.2, 0.25) is 0 Å². The van der Waals surface area contributed by atoms with Crippen molar-refractivity contribution in [2.45, 2.75) is 32.3 Å². The van der Waals surface area contributed by atoms with Gasteiger partial charge in [0.15, 0.2) is 0 Å². The maximum Gasteiger partial charge on any atom is 0.0816 e. The van der Waals surface area contributed by atoms with Gasteiger partial charge in [-0.3, -0.25) is 0 Å². The lowest BCUT2D eigenvalue weighted by molar-refractivity contribution is 0.0394. The molecule has 0 aliphatic rings. The number of anilines is 2. The first-order valence-electron chi connectivity index (χ1n) is 8.86. The molecule has 0 amide bonds. The molecule has 0 aliphatic carbocycles. The fourth-order valence-electron chi connectivity index (χ4n) is 2.85. The van der Waals surface area contributed by atoms with E-state index in [-0.39, 0.29) is 0 Å². The molecular weight excluding hydrogens is 296 g/mol. The Bertz CT molecular complexity index is 581. The Labute approximate surface area is 146 Å². The predicted octanol–water partition coefficient (Wildman–Crippen LogP) is 4.18. The van der Waals surface area contributed by atoms with E-state index in [2.05, 4.69) is 79.2 Å². The van der Waals surface area contributed by atoms with Gasteiger partial charge in [0, 0.05) is 38.1 Å². The van der Waals surface area contributed by atoms with Gasteiger partial charge in [-0.05, 0) is 37.1 Å². The quantitative estimate of drug-likeness (QED) is 0.749. The largest absolute Gasteiger partial charge is 0.388 e.